The van der Waals surface area contributed by atoms with Crippen molar-refractivity contribution < 1.29 is 60.9 Å². The van der Waals surface area contributed by atoms with Gasteiger partial charge in [0.15, 0.2) is 5.60 Å². The van der Waals surface area contributed by atoms with Gasteiger partial charge in [-0.15, -0.1) is 0 Å². The molecule has 0 aliphatic carbocycles. The maximum atomic E-state index is 10.6. The second-order valence-corrected chi connectivity index (χ2v) is 5.68. The molecule has 0 aromatic rings. The maximum Gasteiger partial charge on any atom is 0.230 e. The van der Waals surface area contributed by atoms with E-state index in [4.69, 9.17) is 20.1 Å². The van der Waals surface area contributed by atoms with Gasteiger partial charge in [0.1, 0.15) is 42.7 Å². The van der Waals surface area contributed by atoms with E-state index in [0.29, 0.717) is 0 Å². The first-order chi connectivity index (χ1) is 11.0. The molecule has 1 saturated heterocycles. The fourth-order valence-corrected chi connectivity index (χ4v) is 2.66. The lowest BCUT2D eigenvalue weighted by atomic mass is 9.73. The van der Waals surface area contributed by atoms with Crippen molar-refractivity contribution in [2.75, 3.05) is 19.8 Å². The Balaban J connectivity index is 3.43. The van der Waals surface area contributed by atoms with Crippen LogP contribution in [0.25, 0.3) is 0 Å². The fourth-order valence-electron chi connectivity index (χ4n) is 2.66. The lowest BCUT2D eigenvalue weighted by Gasteiger charge is -2.55. The molecular formula is C12H24O12. The van der Waals surface area contributed by atoms with E-state index in [0.717, 1.165) is 0 Å². The third-order valence-corrected chi connectivity index (χ3v) is 4.22. The van der Waals surface area contributed by atoms with Gasteiger partial charge in [-0.2, -0.15) is 0 Å². The minimum absolute atomic E-state index is 1.00. The number of ether oxygens (including phenoxy) is 1. The Bertz CT molecular complexity index is 407. The summed E-state index contributed by atoms with van der Waals surface area (Å²) in [6.07, 6.45) is -15.6. The van der Waals surface area contributed by atoms with Crippen molar-refractivity contribution in [3.63, 3.8) is 0 Å². The molecule has 0 radical (unpaired) electrons. The van der Waals surface area contributed by atoms with Gasteiger partial charge in [-0.25, -0.2) is 0 Å². The summed E-state index contributed by atoms with van der Waals surface area (Å²) in [5.41, 5.74) is -3.43. The van der Waals surface area contributed by atoms with Gasteiger partial charge >= 0.3 is 0 Å². The van der Waals surface area contributed by atoms with E-state index in [-0.39, 0.29) is 0 Å². The van der Waals surface area contributed by atoms with E-state index in [1.165, 1.54) is 0 Å². The van der Waals surface area contributed by atoms with E-state index < -0.39 is 73.9 Å². The molecule has 0 bridgehead atoms. The molecule has 9 atom stereocenters. The van der Waals surface area contributed by atoms with Crippen LogP contribution in [0.5, 0.6) is 0 Å². The Hall–Kier alpha value is -0.480. The van der Waals surface area contributed by atoms with Crippen molar-refractivity contribution in [3.05, 3.63) is 0 Å². The van der Waals surface area contributed by atoms with Gasteiger partial charge in [0, 0.05) is 0 Å². The van der Waals surface area contributed by atoms with Crippen LogP contribution in [0.3, 0.4) is 0 Å². The number of hydrogen-bond donors (Lipinski definition) is 11. The highest BCUT2D eigenvalue weighted by Crippen LogP contribution is 2.41. The molecular weight excluding hydrogens is 336 g/mol. The van der Waals surface area contributed by atoms with Gasteiger partial charge in [0.2, 0.25) is 5.79 Å². The molecule has 0 saturated carbocycles. The summed E-state index contributed by atoms with van der Waals surface area (Å²) in [5.74, 6) is -3.45. The highest BCUT2D eigenvalue weighted by atomic mass is 16.7. The predicted molar refractivity (Wildman–Crippen MR) is 72.1 cm³/mol. The van der Waals surface area contributed by atoms with Crippen LogP contribution in [0.15, 0.2) is 0 Å². The molecule has 1 fully saturated rings. The highest BCUT2D eigenvalue weighted by molar-refractivity contribution is 5.13. The summed E-state index contributed by atoms with van der Waals surface area (Å²) in [7, 11) is 0. The minimum Gasteiger partial charge on any atom is -0.394 e. The Morgan fingerprint density at radius 3 is 1.92 bits per heavy atom. The molecule has 1 aliphatic heterocycles. The monoisotopic (exact) mass is 360 g/mol. The van der Waals surface area contributed by atoms with Gasteiger partial charge in [0.05, 0.1) is 19.8 Å². The molecule has 144 valence electrons. The maximum absolute atomic E-state index is 10.6. The molecule has 12 heteroatoms. The Morgan fingerprint density at radius 1 is 0.958 bits per heavy atom. The third kappa shape index (κ3) is 3.16. The van der Waals surface area contributed by atoms with Crippen LogP contribution in [0.2, 0.25) is 0 Å². The first-order valence-corrected chi connectivity index (χ1v) is 7.06. The smallest absolute Gasteiger partial charge is 0.230 e. The van der Waals surface area contributed by atoms with Crippen LogP contribution >= 0.6 is 0 Å². The van der Waals surface area contributed by atoms with Crippen molar-refractivity contribution in [2.45, 2.75) is 54.1 Å². The molecule has 11 N–H and O–H groups in total. The van der Waals surface area contributed by atoms with Gasteiger partial charge < -0.3 is 60.9 Å². The molecule has 0 spiro atoms. The van der Waals surface area contributed by atoms with Crippen LogP contribution in [0.4, 0.5) is 0 Å². The van der Waals surface area contributed by atoms with Crippen molar-refractivity contribution in [2.24, 2.45) is 0 Å². The first-order valence-electron chi connectivity index (χ1n) is 7.06. The Kier molecular flexibility index (Phi) is 7.03. The fraction of sp³-hybridized carbons (Fsp3) is 1.00. The third-order valence-electron chi connectivity index (χ3n) is 4.22. The van der Waals surface area contributed by atoms with Crippen LogP contribution in [-0.2, 0) is 4.74 Å². The van der Waals surface area contributed by atoms with Gasteiger partial charge in [-0.1, -0.05) is 0 Å². The number of hydrogen-bond acceptors (Lipinski definition) is 12. The summed E-state index contributed by atoms with van der Waals surface area (Å²) in [6, 6.07) is 0. The number of aliphatic hydroxyl groups is 11. The molecule has 24 heavy (non-hydrogen) atoms. The van der Waals surface area contributed by atoms with Gasteiger partial charge in [-0.05, 0) is 0 Å². The summed E-state index contributed by atoms with van der Waals surface area (Å²) in [4.78, 5) is 0. The van der Waals surface area contributed by atoms with Gasteiger partial charge in [0.25, 0.3) is 0 Å². The summed E-state index contributed by atoms with van der Waals surface area (Å²) in [5, 5.41) is 107. The lowest BCUT2D eigenvalue weighted by Crippen LogP contribution is -2.80. The van der Waals surface area contributed by atoms with Gasteiger partial charge in [-0.3, -0.25) is 0 Å². The zero-order valence-electron chi connectivity index (χ0n) is 12.5. The molecule has 0 amide bonds. The topological polar surface area (TPSA) is 232 Å². The number of aliphatic hydroxyl groups excluding tert-OH is 9. The predicted octanol–water partition coefficient (Wildman–Crippen LogP) is -7.05. The van der Waals surface area contributed by atoms with Crippen molar-refractivity contribution in [3.8, 4) is 0 Å². The largest absolute Gasteiger partial charge is 0.394 e. The van der Waals surface area contributed by atoms with E-state index in [1.807, 2.05) is 0 Å². The first kappa shape index (κ1) is 21.6. The van der Waals surface area contributed by atoms with E-state index >= 15 is 0 Å². The average molecular weight is 360 g/mol. The molecule has 1 aliphatic rings. The summed E-state index contributed by atoms with van der Waals surface area (Å²) < 4.78 is 4.79. The Labute approximate surface area is 136 Å². The van der Waals surface area contributed by atoms with Crippen LogP contribution in [0.1, 0.15) is 0 Å². The minimum atomic E-state index is -3.45. The molecule has 0 aromatic carbocycles. The summed E-state index contributed by atoms with van der Waals surface area (Å²) >= 11 is 0. The lowest BCUT2D eigenvalue weighted by molar-refractivity contribution is -0.428. The number of rotatable bonds is 7. The summed E-state index contributed by atoms with van der Waals surface area (Å²) in [6.45, 7) is -3.45. The standard InChI is InChI=1S/C12H24O12/c13-1-4(16)9(20)11(22,6(17)3-15)12(23)10(21)8(19)7(18)5(2-14)24-12/h4-10,13-23H,1-3H2/t4-,5+,6+,7-,8-,9+,10+,11+,12?/m0/s1. The van der Waals surface area contributed by atoms with Crippen molar-refractivity contribution >= 4 is 0 Å². The normalized spacial score (nSPS) is 40.6. The van der Waals surface area contributed by atoms with E-state index in [2.05, 4.69) is 0 Å². The Morgan fingerprint density at radius 2 is 1.50 bits per heavy atom. The second-order valence-electron chi connectivity index (χ2n) is 5.68. The highest BCUT2D eigenvalue weighted by Gasteiger charge is 2.69. The van der Waals surface area contributed by atoms with Crippen molar-refractivity contribution in [1.29, 1.82) is 0 Å². The molecule has 0 aromatic heterocycles. The second kappa shape index (κ2) is 7.82. The van der Waals surface area contributed by atoms with E-state index in [1.54, 1.807) is 0 Å². The average Bonchev–Trinajstić information content (AvgIpc) is 2.59. The quantitative estimate of drug-likeness (QED) is 0.203. The molecule has 1 heterocycles. The zero-order valence-corrected chi connectivity index (χ0v) is 12.5. The zero-order chi connectivity index (χ0) is 18.9. The molecule has 1 unspecified atom stereocenters. The van der Waals surface area contributed by atoms with Crippen LogP contribution < -0.4 is 0 Å². The SMILES string of the molecule is OC[C@@H](O)[C@@](O)([C@H](O)[C@@H](O)CO)C1(O)O[C@H](CO)[C@H](O)[C@H](O)[C@H]1O. The van der Waals surface area contributed by atoms with Crippen LogP contribution in [0, 0.1) is 0 Å². The van der Waals surface area contributed by atoms with Crippen molar-refractivity contribution in [1.82, 2.24) is 0 Å². The van der Waals surface area contributed by atoms with E-state index in [9.17, 15) is 40.9 Å². The van der Waals surface area contributed by atoms with Crippen LogP contribution in [-0.4, -0.2) is 130 Å². The molecule has 1 rings (SSSR count). The molecule has 12 nitrogen and oxygen atoms in total.